The molecule has 0 aliphatic carbocycles. The van der Waals surface area contributed by atoms with Gasteiger partial charge in [0.15, 0.2) is 0 Å². The van der Waals surface area contributed by atoms with Crippen molar-refractivity contribution in [2.45, 2.75) is 85.5 Å². The van der Waals surface area contributed by atoms with Crippen LogP contribution in [-0.2, 0) is 0 Å². The summed E-state index contributed by atoms with van der Waals surface area (Å²) in [6, 6.07) is 0. The summed E-state index contributed by atoms with van der Waals surface area (Å²) >= 11 is 0. The Balaban J connectivity index is 3.58. The molecule has 0 N–H and O–H groups in total. The molecule has 0 saturated heterocycles. The Morgan fingerprint density at radius 2 is 1.31 bits per heavy atom. The first-order chi connectivity index (χ1) is 7.78. The van der Waals surface area contributed by atoms with Crippen LogP contribution >= 0.6 is 0 Å². The third-order valence-electron chi connectivity index (χ3n) is 3.82. The Morgan fingerprint density at radius 1 is 0.750 bits per heavy atom. The van der Waals surface area contributed by atoms with Gasteiger partial charge >= 0.3 is 0 Å². The van der Waals surface area contributed by atoms with Gasteiger partial charge in [-0.3, -0.25) is 0 Å². The zero-order chi connectivity index (χ0) is 12.2. The van der Waals surface area contributed by atoms with Crippen molar-refractivity contribution in [1.29, 1.82) is 0 Å². The second-order valence-electron chi connectivity index (χ2n) is 5.24. The lowest BCUT2D eigenvalue weighted by molar-refractivity contribution is 0.407. The predicted molar refractivity (Wildman–Crippen MR) is 75.5 cm³/mol. The van der Waals surface area contributed by atoms with Crippen LogP contribution in [0.25, 0.3) is 0 Å². The van der Waals surface area contributed by atoms with Gasteiger partial charge in [-0.25, -0.2) is 0 Å². The second-order valence-corrected chi connectivity index (χ2v) is 5.24. The van der Waals surface area contributed by atoms with E-state index in [9.17, 15) is 0 Å². The molecule has 0 fully saturated rings. The zero-order valence-electron chi connectivity index (χ0n) is 12.1. The average Bonchev–Trinajstić information content (AvgIpc) is 2.32. The highest BCUT2D eigenvalue weighted by Gasteiger charge is 2.09. The van der Waals surface area contributed by atoms with Gasteiger partial charge < -0.3 is 0 Å². The molecular weight excluding hydrogens is 192 g/mol. The zero-order valence-corrected chi connectivity index (χ0v) is 12.1. The number of unbranched alkanes of at least 4 members (excludes halogenated alkanes) is 1. The molecule has 0 nitrogen and oxygen atoms in total. The minimum Gasteiger partial charge on any atom is -0.0654 e. The van der Waals surface area contributed by atoms with Crippen molar-refractivity contribution in [3.05, 3.63) is 6.42 Å². The van der Waals surface area contributed by atoms with Crippen molar-refractivity contribution in [1.82, 2.24) is 0 Å². The van der Waals surface area contributed by atoms with Gasteiger partial charge in [-0.2, -0.15) is 0 Å². The Kier molecular flexibility index (Phi) is 11.5. The first kappa shape index (κ1) is 16.0. The molecule has 0 aliphatic heterocycles. The SMILES string of the molecule is CCCCC(CC)C[CH]CC(CC)CCC. The van der Waals surface area contributed by atoms with Crippen LogP contribution in [0.4, 0.5) is 0 Å². The van der Waals surface area contributed by atoms with Crippen LogP contribution in [0.2, 0.25) is 0 Å². The van der Waals surface area contributed by atoms with Gasteiger partial charge in [0.05, 0.1) is 0 Å². The molecule has 1 radical (unpaired) electrons. The van der Waals surface area contributed by atoms with Gasteiger partial charge in [-0.15, -0.1) is 0 Å². The molecule has 0 amide bonds. The molecule has 0 heterocycles. The molecule has 0 saturated carbocycles. The minimum atomic E-state index is 0.952. The van der Waals surface area contributed by atoms with Crippen LogP contribution in [0.15, 0.2) is 0 Å². The number of hydrogen-bond donors (Lipinski definition) is 0. The van der Waals surface area contributed by atoms with E-state index in [4.69, 9.17) is 0 Å². The van der Waals surface area contributed by atoms with E-state index in [1.807, 2.05) is 0 Å². The first-order valence-electron chi connectivity index (χ1n) is 7.59. The Morgan fingerprint density at radius 3 is 1.75 bits per heavy atom. The van der Waals surface area contributed by atoms with E-state index >= 15 is 0 Å². The lowest BCUT2D eigenvalue weighted by Gasteiger charge is -2.17. The fourth-order valence-corrected chi connectivity index (χ4v) is 2.45. The van der Waals surface area contributed by atoms with Gasteiger partial charge in [-0.05, 0) is 31.1 Å². The van der Waals surface area contributed by atoms with Crippen LogP contribution in [0.5, 0.6) is 0 Å². The van der Waals surface area contributed by atoms with E-state index in [-0.39, 0.29) is 0 Å². The summed E-state index contributed by atoms with van der Waals surface area (Å²) in [5.74, 6) is 1.91. The summed E-state index contributed by atoms with van der Waals surface area (Å²) in [6.45, 7) is 9.28. The Hall–Kier alpha value is 0. The van der Waals surface area contributed by atoms with E-state index in [1.54, 1.807) is 0 Å². The normalized spacial score (nSPS) is 15.0. The highest BCUT2D eigenvalue weighted by atomic mass is 14.1. The topological polar surface area (TPSA) is 0 Å². The van der Waals surface area contributed by atoms with Crippen molar-refractivity contribution in [2.75, 3.05) is 0 Å². The highest BCUT2D eigenvalue weighted by molar-refractivity contribution is 4.74. The highest BCUT2D eigenvalue weighted by Crippen LogP contribution is 2.23. The molecule has 16 heavy (non-hydrogen) atoms. The first-order valence-corrected chi connectivity index (χ1v) is 7.59. The van der Waals surface area contributed by atoms with Crippen molar-refractivity contribution in [3.63, 3.8) is 0 Å². The summed E-state index contributed by atoms with van der Waals surface area (Å²) in [7, 11) is 0. The molecule has 2 unspecified atom stereocenters. The molecular formula is C16H33. The number of rotatable bonds is 11. The van der Waals surface area contributed by atoms with Crippen LogP contribution < -0.4 is 0 Å². The largest absolute Gasteiger partial charge is 0.0654 e. The summed E-state index contributed by atoms with van der Waals surface area (Å²) in [4.78, 5) is 0. The van der Waals surface area contributed by atoms with Crippen LogP contribution in [0, 0.1) is 18.3 Å². The van der Waals surface area contributed by atoms with Gasteiger partial charge in [0, 0.05) is 0 Å². The standard InChI is InChI=1S/C16H33/c1-5-9-12-16(8-4)14-10-13-15(7-3)11-6-2/h10,15-16H,5-9,11-14H2,1-4H3. The lowest BCUT2D eigenvalue weighted by Crippen LogP contribution is -2.03. The van der Waals surface area contributed by atoms with Gasteiger partial charge in [0.1, 0.15) is 0 Å². The molecule has 0 heteroatoms. The second kappa shape index (κ2) is 11.5. The van der Waals surface area contributed by atoms with E-state index in [0.29, 0.717) is 0 Å². The maximum absolute atomic E-state index is 2.58. The summed E-state index contributed by atoms with van der Waals surface area (Å²) in [5, 5.41) is 0. The van der Waals surface area contributed by atoms with Gasteiger partial charge in [-0.1, -0.05) is 72.6 Å². The van der Waals surface area contributed by atoms with E-state index < -0.39 is 0 Å². The summed E-state index contributed by atoms with van der Waals surface area (Å²) < 4.78 is 0. The van der Waals surface area contributed by atoms with E-state index in [0.717, 1.165) is 11.8 Å². The van der Waals surface area contributed by atoms with Crippen molar-refractivity contribution >= 4 is 0 Å². The number of hydrogen-bond acceptors (Lipinski definition) is 0. The maximum Gasteiger partial charge on any atom is -0.0380 e. The van der Waals surface area contributed by atoms with Crippen molar-refractivity contribution in [2.24, 2.45) is 11.8 Å². The molecule has 0 spiro atoms. The van der Waals surface area contributed by atoms with E-state index in [2.05, 4.69) is 34.1 Å². The molecule has 97 valence electrons. The fraction of sp³-hybridized carbons (Fsp3) is 0.938. The molecule has 2 atom stereocenters. The Bertz CT molecular complexity index is 128. The molecule has 0 bridgehead atoms. The molecule has 0 rings (SSSR count). The van der Waals surface area contributed by atoms with Crippen LogP contribution in [0.3, 0.4) is 0 Å². The average molecular weight is 225 g/mol. The third kappa shape index (κ3) is 8.19. The smallest absolute Gasteiger partial charge is 0.0380 e. The molecule has 0 aliphatic rings. The van der Waals surface area contributed by atoms with Gasteiger partial charge in [0.25, 0.3) is 0 Å². The van der Waals surface area contributed by atoms with Gasteiger partial charge in [0.2, 0.25) is 0 Å². The quantitative estimate of drug-likeness (QED) is 0.404. The monoisotopic (exact) mass is 225 g/mol. The predicted octanol–water partition coefficient (Wildman–Crippen LogP) is 6.01. The van der Waals surface area contributed by atoms with Crippen LogP contribution in [-0.4, -0.2) is 0 Å². The molecule has 0 aromatic heterocycles. The Labute approximate surface area is 104 Å². The van der Waals surface area contributed by atoms with Crippen LogP contribution in [0.1, 0.15) is 85.5 Å². The minimum absolute atomic E-state index is 0.952. The van der Waals surface area contributed by atoms with Crippen molar-refractivity contribution in [3.8, 4) is 0 Å². The summed E-state index contributed by atoms with van der Waals surface area (Å²) in [5.41, 5.74) is 0. The maximum atomic E-state index is 2.58. The molecule has 0 aromatic carbocycles. The fourth-order valence-electron chi connectivity index (χ4n) is 2.45. The molecule has 0 aromatic rings. The third-order valence-corrected chi connectivity index (χ3v) is 3.82. The van der Waals surface area contributed by atoms with E-state index in [1.165, 1.54) is 57.8 Å². The van der Waals surface area contributed by atoms with Crippen molar-refractivity contribution < 1.29 is 0 Å². The lowest BCUT2D eigenvalue weighted by atomic mass is 9.89. The summed E-state index contributed by atoms with van der Waals surface area (Å²) in [6.07, 6.45) is 15.0.